The zero-order valence-corrected chi connectivity index (χ0v) is 12.1. The molecule has 0 aliphatic heterocycles. The summed E-state index contributed by atoms with van der Waals surface area (Å²) in [5.74, 6) is 0. The van der Waals surface area contributed by atoms with Gasteiger partial charge in [-0.3, -0.25) is 5.43 Å². The molecule has 0 saturated carbocycles. The topological polar surface area (TPSA) is 120 Å². The lowest BCUT2D eigenvalue weighted by atomic mass is 10.1. The third-order valence-electron chi connectivity index (χ3n) is 2.78. The first kappa shape index (κ1) is 15.6. The number of nitrogens with one attached hydrogen (secondary N) is 1. The average Bonchev–Trinajstić information content (AvgIpc) is 2.51. The summed E-state index contributed by atoms with van der Waals surface area (Å²) < 4.78 is 12.4. The van der Waals surface area contributed by atoms with Crippen LogP contribution in [0.25, 0.3) is 0 Å². The van der Waals surface area contributed by atoms with E-state index in [1.807, 2.05) is 12.1 Å². The van der Waals surface area contributed by atoms with Crippen molar-refractivity contribution in [3.8, 4) is 12.1 Å². The number of nitrogens with zero attached hydrogens (tertiary/aromatic N) is 3. The van der Waals surface area contributed by atoms with Crippen molar-refractivity contribution in [3.63, 3.8) is 0 Å². The third kappa shape index (κ3) is 3.25. The summed E-state index contributed by atoms with van der Waals surface area (Å²) in [4.78, 5) is 19.0. The summed E-state index contributed by atoms with van der Waals surface area (Å²) >= 11 is 0. The van der Waals surface area contributed by atoms with Crippen LogP contribution in [0.2, 0.25) is 0 Å². The lowest BCUT2D eigenvalue weighted by molar-refractivity contribution is 0.371. The molecule has 0 unspecified atom stereocenters. The Morgan fingerprint density at radius 3 is 2.23 bits per heavy atom. The number of hydrazine groups is 1. The van der Waals surface area contributed by atoms with E-state index in [1.54, 1.807) is 18.2 Å². The molecular weight excluding hydrogens is 303 g/mol. The van der Waals surface area contributed by atoms with Crippen molar-refractivity contribution < 1.29 is 14.4 Å². The molecule has 0 aliphatic carbocycles. The van der Waals surface area contributed by atoms with Crippen LogP contribution in [0, 0.1) is 22.7 Å². The molecule has 110 valence electrons. The molecule has 8 heteroatoms. The van der Waals surface area contributed by atoms with Gasteiger partial charge in [-0.15, -0.1) is 0 Å². The molecule has 0 bridgehead atoms. The summed E-state index contributed by atoms with van der Waals surface area (Å²) in [6.07, 6.45) is 0. The van der Waals surface area contributed by atoms with E-state index in [2.05, 4.69) is 5.43 Å². The highest BCUT2D eigenvalue weighted by atomic mass is 31.2. The van der Waals surface area contributed by atoms with Gasteiger partial charge in [0.1, 0.15) is 12.1 Å². The molecule has 0 heterocycles. The van der Waals surface area contributed by atoms with E-state index in [1.165, 1.54) is 30.3 Å². The molecule has 0 atom stereocenters. The van der Waals surface area contributed by atoms with Crippen LogP contribution in [0.15, 0.2) is 48.5 Å². The Bertz CT molecular complexity index is 805. The highest BCUT2D eigenvalue weighted by molar-refractivity contribution is 7.53. The van der Waals surface area contributed by atoms with Crippen molar-refractivity contribution in [1.29, 1.82) is 10.5 Å². The lowest BCUT2D eigenvalue weighted by Crippen LogP contribution is -2.27. The van der Waals surface area contributed by atoms with E-state index in [4.69, 9.17) is 10.5 Å². The minimum Gasteiger partial charge on any atom is -0.307 e. The smallest absolute Gasteiger partial charge is 0.307 e. The van der Waals surface area contributed by atoms with E-state index in [-0.39, 0.29) is 22.5 Å². The number of anilines is 2. The van der Waals surface area contributed by atoms with Gasteiger partial charge in [0.25, 0.3) is 0 Å². The Morgan fingerprint density at radius 2 is 1.68 bits per heavy atom. The van der Waals surface area contributed by atoms with E-state index in [0.717, 1.165) is 0 Å². The van der Waals surface area contributed by atoms with Crippen molar-refractivity contribution in [1.82, 2.24) is 0 Å². The number of rotatable bonds is 4. The summed E-state index contributed by atoms with van der Waals surface area (Å²) in [6, 6.07) is 16.1. The second kappa shape index (κ2) is 6.30. The molecule has 7 nitrogen and oxygen atoms in total. The van der Waals surface area contributed by atoms with Crippen LogP contribution in [0.4, 0.5) is 11.4 Å². The van der Waals surface area contributed by atoms with Gasteiger partial charge in [-0.25, -0.2) is 4.57 Å². The fourth-order valence-electron chi connectivity index (χ4n) is 1.82. The van der Waals surface area contributed by atoms with Crippen molar-refractivity contribution in [3.05, 3.63) is 59.7 Å². The predicted octanol–water partition coefficient (Wildman–Crippen LogP) is 2.36. The highest BCUT2D eigenvalue weighted by Gasteiger charge is 2.27. The van der Waals surface area contributed by atoms with Crippen LogP contribution in [0.1, 0.15) is 11.1 Å². The first-order valence-electron chi connectivity index (χ1n) is 6.08. The van der Waals surface area contributed by atoms with Crippen molar-refractivity contribution >= 4 is 19.1 Å². The molecule has 3 N–H and O–H groups in total. The molecule has 0 aliphatic rings. The number of benzene rings is 2. The van der Waals surface area contributed by atoms with Gasteiger partial charge >= 0.3 is 7.75 Å². The molecule has 0 fully saturated rings. The van der Waals surface area contributed by atoms with Gasteiger partial charge in [0.15, 0.2) is 0 Å². The zero-order chi connectivity index (χ0) is 16.2. The summed E-state index contributed by atoms with van der Waals surface area (Å²) in [6.45, 7) is 0. The van der Waals surface area contributed by atoms with Gasteiger partial charge in [-0.05, 0) is 24.3 Å². The fraction of sp³-hybridized carbons (Fsp3) is 0. The monoisotopic (exact) mass is 314 g/mol. The number of hydrogen-bond acceptors (Lipinski definition) is 4. The van der Waals surface area contributed by atoms with Crippen LogP contribution < -0.4 is 10.2 Å². The van der Waals surface area contributed by atoms with Crippen LogP contribution in [0.3, 0.4) is 0 Å². The maximum absolute atomic E-state index is 11.7. The molecule has 0 saturated heterocycles. The summed E-state index contributed by atoms with van der Waals surface area (Å²) in [5.41, 5.74) is 3.01. The van der Waals surface area contributed by atoms with E-state index in [0.29, 0.717) is 4.78 Å². The predicted molar refractivity (Wildman–Crippen MR) is 80.5 cm³/mol. The van der Waals surface area contributed by atoms with E-state index < -0.39 is 7.75 Å². The number of hydrogen-bond donors (Lipinski definition) is 3. The highest BCUT2D eigenvalue weighted by Crippen LogP contribution is 2.43. The molecular formula is C14H11N4O3P. The van der Waals surface area contributed by atoms with E-state index in [9.17, 15) is 14.4 Å². The molecule has 0 radical (unpaired) electrons. The summed E-state index contributed by atoms with van der Waals surface area (Å²) in [5, 5.41) is 18.2. The first-order valence-corrected chi connectivity index (χ1v) is 7.65. The molecule has 2 aromatic carbocycles. The Labute approximate surface area is 126 Å². The van der Waals surface area contributed by atoms with Gasteiger partial charge in [-0.1, -0.05) is 24.3 Å². The first-order chi connectivity index (χ1) is 10.5. The zero-order valence-electron chi connectivity index (χ0n) is 11.2. The van der Waals surface area contributed by atoms with Gasteiger partial charge in [0, 0.05) is 0 Å². The molecule has 22 heavy (non-hydrogen) atoms. The Hall–Kier alpha value is -2.83. The molecule has 2 rings (SSSR count). The molecule has 0 aromatic heterocycles. The van der Waals surface area contributed by atoms with Crippen molar-refractivity contribution in [2.24, 2.45) is 0 Å². The lowest BCUT2D eigenvalue weighted by Gasteiger charge is -2.27. The minimum absolute atomic E-state index is 0.0133. The third-order valence-corrected chi connectivity index (χ3v) is 3.64. The fourth-order valence-corrected chi connectivity index (χ4v) is 2.49. The van der Waals surface area contributed by atoms with Crippen LogP contribution in [-0.4, -0.2) is 9.79 Å². The molecule has 0 amide bonds. The Kier molecular flexibility index (Phi) is 4.45. The average molecular weight is 314 g/mol. The summed E-state index contributed by atoms with van der Waals surface area (Å²) in [7, 11) is -4.69. The van der Waals surface area contributed by atoms with Gasteiger partial charge in [0.05, 0.1) is 22.5 Å². The maximum atomic E-state index is 11.7. The van der Waals surface area contributed by atoms with Gasteiger partial charge in [0.2, 0.25) is 0 Å². The Balaban J connectivity index is 2.49. The minimum atomic E-state index is -4.69. The largest absolute Gasteiger partial charge is 0.448 e. The quantitative estimate of drug-likeness (QED) is 0.585. The number of para-hydroxylation sites is 1. The second-order valence-corrected chi connectivity index (χ2v) is 5.65. The maximum Gasteiger partial charge on any atom is 0.448 e. The van der Waals surface area contributed by atoms with Gasteiger partial charge < -0.3 is 9.79 Å². The Morgan fingerprint density at radius 1 is 1.00 bits per heavy atom. The standard InChI is InChI=1S/C14H11N4O3P/c15-9-11-5-4-8-14(13(11)10-16)17-18(22(19,20)21)12-6-2-1-3-7-12/h1-8,17H,(H2,19,20,21). The van der Waals surface area contributed by atoms with Crippen molar-refractivity contribution in [2.75, 3.05) is 10.2 Å². The van der Waals surface area contributed by atoms with E-state index >= 15 is 0 Å². The molecule has 0 spiro atoms. The second-order valence-electron chi connectivity index (χ2n) is 4.22. The van der Waals surface area contributed by atoms with Crippen LogP contribution in [-0.2, 0) is 4.57 Å². The van der Waals surface area contributed by atoms with Crippen LogP contribution >= 0.6 is 7.75 Å². The normalized spacial score (nSPS) is 10.4. The number of nitriles is 2. The van der Waals surface area contributed by atoms with Gasteiger partial charge in [-0.2, -0.15) is 15.3 Å². The SMILES string of the molecule is N#Cc1cccc(NN(c2ccccc2)P(=O)(O)O)c1C#N. The molecule has 2 aromatic rings. The van der Waals surface area contributed by atoms with Crippen LogP contribution in [0.5, 0.6) is 0 Å². The van der Waals surface area contributed by atoms with Crippen molar-refractivity contribution in [2.45, 2.75) is 0 Å².